The molecule has 0 radical (unpaired) electrons. The van der Waals surface area contributed by atoms with Crippen LogP contribution in [0.15, 0.2) is 49.2 Å². The molecule has 2 saturated carbocycles. The molecule has 17 heteroatoms. The summed E-state index contributed by atoms with van der Waals surface area (Å²) in [4.78, 5) is 27.4. The minimum absolute atomic E-state index is 0.285. The summed E-state index contributed by atoms with van der Waals surface area (Å²) < 4.78 is 59.0. The van der Waals surface area contributed by atoms with Crippen LogP contribution in [0.3, 0.4) is 0 Å². The Morgan fingerprint density at radius 1 is 1.06 bits per heavy atom. The van der Waals surface area contributed by atoms with Crippen LogP contribution in [0.4, 0.5) is 30.9 Å². The van der Waals surface area contributed by atoms with E-state index in [0.717, 1.165) is 29.8 Å². The van der Waals surface area contributed by atoms with Gasteiger partial charge in [0.05, 0.1) is 28.9 Å². The van der Waals surface area contributed by atoms with Gasteiger partial charge in [0, 0.05) is 56.0 Å². The van der Waals surface area contributed by atoms with Gasteiger partial charge in [0.1, 0.15) is 17.2 Å². The Hall–Kier alpha value is -4.67. The molecule has 14 nitrogen and oxygen atoms in total. The summed E-state index contributed by atoms with van der Waals surface area (Å²) in [5.74, 6) is 1.88. The first-order chi connectivity index (χ1) is 23.7. The number of carbonyl (C=O) groups excluding carboxylic acids is 1. The smallest absolute Gasteiger partial charge is 0.410 e. The molecular weight excluding hydrogens is 670 g/mol. The lowest BCUT2D eigenvalue weighted by molar-refractivity contribution is 0.0258. The van der Waals surface area contributed by atoms with Gasteiger partial charge in [-0.2, -0.15) is 23.1 Å². The zero-order valence-corrected chi connectivity index (χ0v) is 29.3. The van der Waals surface area contributed by atoms with E-state index in [9.17, 15) is 22.0 Å². The van der Waals surface area contributed by atoms with Crippen molar-refractivity contribution in [2.75, 3.05) is 30.8 Å². The van der Waals surface area contributed by atoms with Crippen molar-refractivity contribution in [3.8, 4) is 22.6 Å². The van der Waals surface area contributed by atoms with Crippen molar-refractivity contribution in [3.63, 3.8) is 0 Å². The first kappa shape index (κ1) is 35.2. The number of anilines is 3. The van der Waals surface area contributed by atoms with Gasteiger partial charge in [0.2, 0.25) is 0 Å². The van der Waals surface area contributed by atoms with Crippen LogP contribution >= 0.6 is 0 Å². The van der Waals surface area contributed by atoms with Crippen LogP contribution in [0.2, 0.25) is 0 Å². The first-order valence-corrected chi connectivity index (χ1v) is 18.2. The van der Waals surface area contributed by atoms with E-state index < -0.39 is 27.4 Å². The highest BCUT2D eigenvalue weighted by atomic mass is 32.2. The van der Waals surface area contributed by atoms with Crippen LogP contribution < -0.4 is 10.6 Å². The number of ether oxygens (including phenoxy) is 1. The maximum Gasteiger partial charge on any atom is 0.410 e. The van der Waals surface area contributed by atoms with E-state index in [2.05, 4.69) is 35.8 Å². The Kier molecular flexibility index (Phi) is 10.0. The summed E-state index contributed by atoms with van der Waals surface area (Å²) >= 11 is 0. The fourth-order valence-corrected chi connectivity index (χ4v) is 7.39. The van der Waals surface area contributed by atoms with Gasteiger partial charge in [-0.3, -0.25) is 0 Å². The molecule has 2 fully saturated rings. The molecule has 2 aliphatic rings. The number of halogens is 2. The van der Waals surface area contributed by atoms with Crippen molar-refractivity contribution in [1.29, 1.82) is 0 Å². The third-order valence-electron chi connectivity index (χ3n) is 8.71. The molecule has 50 heavy (non-hydrogen) atoms. The Labute approximate surface area is 289 Å². The number of alkyl halides is 2. The standard InChI is InChI=1S/C33H42F2N10O4S/c1-33(2,3)49-32(46)43(4)19-22-7-5-21(6-8-22)16-37-27-15-29(38-18-25(27)26-12-14-44(42-26)31(34)35)40-28-11-13-36-30(41-28)23-17-39-45(20-23)50(47,48)24-9-10-24/h11-15,17-18,20-22,24,31H,5-10,16,19H2,1-4H3,(H2,36,37,38,40,41). The summed E-state index contributed by atoms with van der Waals surface area (Å²) in [6.07, 6.45) is 12.0. The number of nitrogens with zero attached hydrogens (tertiary/aromatic N) is 8. The molecule has 0 bridgehead atoms. The summed E-state index contributed by atoms with van der Waals surface area (Å²) in [6.45, 7) is 4.07. The fraction of sp³-hybridized carbons (Fsp3) is 0.515. The van der Waals surface area contributed by atoms with Crippen molar-refractivity contribution >= 4 is 33.4 Å². The lowest BCUT2D eigenvalue weighted by Gasteiger charge is -2.32. The SMILES string of the molecule is CN(CC1CCC(CNc2cc(Nc3ccnc(-c4cnn(S(=O)(=O)C5CC5)c4)n3)ncc2-c2ccn(C(F)F)n2)CC1)C(=O)OC(C)(C)C. The second-order valence-corrected chi connectivity index (χ2v) is 16.0. The van der Waals surface area contributed by atoms with E-state index in [1.165, 1.54) is 24.7 Å². The van der Waals surface area contributed by atoms with Crippen LogP contribution in [0, 0.1) is 11.8 Å². The topological polar surface area (TPSA) is 162 Å². The quantitative estimate of drug-likeness (QED) is 0.173. The van der Waals surface area contributed by atoms with Gasteiger partial charge in [0.15, 0.2) is 5.82 Å². The van der Waals surface area contributed by atoms with Gasteiger partial charge in [0.25, 0.3) is 10.0 Å². The van der Waals surface area contributed by atoms with Crippen LogP contribution in [-0.4, -0.2) is 84.3 Å². The number of carbonyl (C=O) groups is 1. The lowest BCUT2D eigenvalue weighted by atomic mass is 9.81. The highest BCUT2D eigenvalue weighted by molar-refractivity contribution is 7.90. The number of hydrogen-bond acceptors (Lipinski definition) is 11. The van der Waals surface area contributed by atoms with Crippen LogP contribution in [0.25, 0.3) is 22.6 Å². The Morgan fingerprint density at radius 3 is 2.48 bits per heavy atom. The third kappa shape index (κ3) is 8.54. The molecule has 0 aromatic carbocycles. The molecule has 4 heterocycles. The van der Waals surface area contributed by atoms with E-state index in [1.54, 1.807) is 36.5 Å². The Bertz CT molecular complexity index is 1910. The molecule has 268 valence electrons. The Morgan fingerprint density at radius 2 is 1.80 bits per heavy atom. The molecular formula is C33H42F2N10O4S. The zero-order chi connectivity index (χ0) is 35.6. The van der Waals surface area contributed by atoms with Crippen molar-refractivity contribution in [2.24, 2.45) is 11.8 Å². The van der Waals surface area contributed by atoms with Crippen LogP contribution in [0.5, 0.6) is 0 Å². The summed E-state index contributed by atoms with van der Waals surface area (Å²) in [7, 11) is -1.76. The predicted octanol–water partition coefficient (Wildman–Crippen LogP) is 6.16. The summed E-state index contributed by atoms with van der Waals surface area (Å²) in [5, 5.41) is 14.4. The van der Waals surface area contributed by atoms with Gasteiger partial charge in [-0.15, -0.1) is 0 Å². The lowest BCUT2D eigenvalue weighted by Crippen LogP contribution is -2.38. The maximum absolute atomic E-state index is 13.4. The van der Waals surface area contributed by atoms with Crippen molar-refractivity contribution in [3.05, 3.63) is 49.2 Å². The van der Waals surface area contributed by atoms with E-state index in [1.807, 2.05) is 20.8 Å². The van der Waals surface area contributed by atoms with Crippen molar-refractivity contribution in [2.45, 2.75) is 76.7 Å². The average molecular weight is 713 g/mol. The summed E-state index contributed by atoms with van der Waals surface area (Å²) in [5.41, 5.74) is 1.48. The molecule has 4 aromatic heterocycles. The highest BCUT2D eigenvalue weighted by Crippen LogP contribution is 2.34. The second-order valence-electron chi connectivity index (χ2n) is 13.9. The Balaban J connectivity index is 1.14. The minimum atomic E-state index is -3.53. The molecule has 0 saturated heterocycles. The molecule has 2 aliphatic carbocycles. The van der Waals surface area contributed by atoms with E-state index in [4.69, 9.17) is 4.74 Å². The van der Waals surface area contributed by atoms with Gasteiger partial charge in [-0.1, -0.05) is 0 Å². The maximum atomic E-state index is 13.4. The minimum Gasteiger partial charge on any atom is -0.444 e. The number of amides is 1. The van der Waals surface area contributed by atoms with Crippen LogP contribution in [0.1, 0.15) is 65.8 Å². The molecule has 0 unspecified atom stereocenters. The number of nitrogens with one attached hydrogen (secondary N) is 2. The number of pyridine rings is 1. The molecule has 6 rings (SSSR count). The second kappa shape index (κ2) is 14.3. The van der Waals surface area contributed by atoms with E-state index in [-0.39, 0.29) is 11.9 Å². The average Bonchev–Trinajstić information content (AvgIpc) is 3.60. The van der Waals surface area contributed by atoms with Crippen molar-refractivity contribution < 1.29 is 26.7 Å². The van der Waals surface area contributed by atoms with Gasteiger partial charge in [-0.05, 0) is 83.3 Å². The third-order valence-corrected chi connectivity index (χ3v) is 10.7. The monoisotopic (exact) mass is 712 g/mol. The molecule has 4 aromatic rings. The number of aromatic nitrogens is 7. The molecule has 0 aliphatic heterocycles. The first-order valence-electron chi connectivity index (χ1n) is 16.7. The molecule has 2 N–H and O–H groups in total. The fourth-order valence-electron chi connectivity index (χ4n) is 5.92. The van der Waals surface area contributed by atoms with E-state index in [0.29, 0.717) is 76.6 Å². The number of hydrogen-bond donors (Lipinski definition) is 2. The molecule has 0 atom stereocenters. The van der Waals surface area contributed by atoms with Gasteiger partial charge < -0.3 is 20.3 Å². The predicted molar refractivity (Wildman–Crippen MR) is 183 cm³/mol. The van der Waals surface area contributed by atoms with Crippen molar-refractivity contribution in [1.82, 2.24) is 38.8 Å². The summed E-state index contributed by atoms with van der Waals surface area (Å²) in [6, 6.07) is 4.95. The van der Waals surface area contributed by atoms with Gasteiger partial charge >= 0.3 is 12.6 Å². The zero-order valence-electron chi connectivity index (χ0n) is 28.5. The largest absolute Gasteiger partial charge is 0.444 e. The number of rotatable bonds is 12. The van der Waals surface area contributed by atoms with E-state index >= 15 is 0 Å². The highest BCUT2D eigenvalue weighted by Gasteiger charge is 2.37. The van der Waals surface area contributed by atoms with Crippen LogP contribution in [-0.2, 0) is 14.8 Å². The molecule has 1 amide bonds. The normalized spacial score (nSPS) is 18.2. The van der Waals surface area contributed by atoms with Gasteiger partial charge in [-0.25, -0.2) is 32.8 Å². The molecule has 0 spiro atoms.